The Morgan fingerprint density at radius 2 is 1.96 bits per heavy atom. The van der Waals surface area contributed by atoms with Gasteiger partial charge in [-0.05, 0) is 38.0 Å². The van der Waals surface area contributed by atoms with Crippen molar-refractivity contribution in [3.8, 4) is 0 Å². The number of rotatable bonds is 6. The van der Waals surface area contributed by atoms with Crippen LogP contribution in [0.4, 0.5) is 5.69 Å². The van der Waals surface area contributed by atoms with Crippen molar-refractivity contribution in [3.05, 3.63) is 35.9 Å². The molecule has 28 heavy (non-hydrogen) atoms. The van der Waals surface area contributed by atoms with Gasteiger partial charge in [0.1, 0.15) is 0 Å². The van der Waals surface area contributed by atoms with Crippen LogP contribution in [0.25, 0.3) is 10.8 Å². The number of carbonyl (C=O) groups excluding carboxylic acids is 2. The summed E-state index contributed by atoms with van der Waals surface area (Å²) >= 11 is 0. The number of nitrogens with one attached hydrogen (secondary N) is 1. The van der Waals surface area contributed by atoms with Gasteiger partial charge in [0.05, 0.1) is 16.5 Å². The monoisotopic (exact) mass is 402 g/mol. The van der Waals surface area contributed by atoms with Gasteiger partial charge in [-0.1, -0.05) is 25.0 Å². The molecule has 0 spiro atoms. The second-order valence-electron chi connectivity index (χ2n) is 7.10. The third kappa shape index (κ3) is 3.06. The van der Waals surface area contributed by atoms with Crippen molar-refractivity contribution in [2.24, 2.45) is 5.92 Å². The molecule has 1 heterocycles. The largest absolute Gasteiger partial charge is 0.449 e. The van der Waals surface area contributed by atoms with E-state index in [-0.39, 0.29) is 22.7 Å². The third-order valence-corrected chi connectivity index (χ3v) is 6.94. The van der Waals surface area contributed by atoms with Crippen molar-refractivity contribution in [3.63, 3.8) is 0 Å². The predicted octanol–water partition coefficient (Wildman–Crippen LogP) is 2.79. The first-order valence-corrected chi connectivity index (χ1v) is 11.0. The summed E-state index contributed by atoms with van der Waals surface area (Å²) in [5.41, 5.74) is 1.21. The molecule has 2 aromatic rings. The van der Waals surface area contributed by atoms with Crippen LogP contribution in [0, 0.1) is 5.92 Å². The average molecular weight is 402 g/mol. The van der Waals surface area contributed by atoms with Crippen LogP contribution in [0.15, 0.2) is 35.2 Å². The zero-order chi connectivity index (χ0) is 19.9. The smallest absolute Gasteiger partial charge is 0.310 e. The molecular formula is C20H22N2O5S. The molecule has 7 nitrogen and oxygen atoms in total. The van der Waals surface area contributed by atoms with E-state index in [9.17, 15) is 18.0 Å². The maximum Gasteiger partial charge on any atom is 0.310 e. The van der Waals surface area contributed by atoms with Crippen molar-refractivity contribution in [1.82, 2.24) is 4.72 Å². The summed E-state index contributed by atoms with van der Waals surface area (Å²) in [6.45, 7) is 1.98. The summed E-state index contributed by atoms with van der Waals surface area (Å²) in [7, 11) is -3.91. The van der Waals surface area contributed by atoms with E-state index in [0.717, 1.165) is 25.7 Å². The molecule has 0 radical (unpaired) electrons. The van der Waals surface area contributed by atoms with Gasteiger partial charge >= 0.3 is 5.97 Å². The summed E-state index contributed by atoms with van der Waals surface area (Å²) in [6.07, 6.45) is 3.59. The molecule has 4 rings (SSSR count). The van der Waals surface area contributed by atoms with Gasteiger partial charge in [0.25, 0.3) is 5.91 Å². The zero-order valence-electron chi connectivity index (χ0n) is 15.6. The Balaban J connectivity index is 1.60. The summed E-state index contributed by atoms with van der Waals surface area (Å²) in [5, 5.41) is 1.12. The van der Waals surface area contributed by atoms with Gasteiger partial charge in [-0.15, -0.1) is 0 Å². The highest BCUT2D eigenvalue weighted by Crippen LogP contribution is 2.39. The Bertz CT molecular complexity index is 1060. The summed E-state index contributed by atoms with van der Waals surface area (Å²) < 4.78 is 33.1. The fourth-order valence-corrected chi connectivity index (χ4v) is 5.18. The summed E-state index contributed by atoms with van der Waals surface area (Å²) in [5.74, 6) is -0.617. The van der Waals surface area contributed by atoms with Crippen molar-refractivity contribution in [1.29, 1.82) is 0 Å². The number of hydrogen-bond donors (Lipinski definition) is 1. The van der Waals surface area contributed by atoms with Crippen molar-refractivity contribution in [2.75, 3.05) is 18.2 Å². The second kappa shape index (κ2) is 7.18. The van der Waals surface area contributed by atoms with Gasteiger partial charge in [0.2, 0.25) is 10.0 Å². The zero-order valence-corrected chi connectivity index (χ0v) is 16.4. The van der Waals surface area contributed by atoms with Crippen LogP contribution in [0.3, 0.4) is 0 Å². The number of carbonyl (C=O) groups is 2. The number of esters is 1. The topological polar surface area (TPSA) is 92.8 Å². The van der Waals surface area contributed by atoms with E-state index in [1.807, 2.05) is 6.92 Å². The van der Waals surface area contributed by atoms with E-state index < -0.39 is 16.8 Å². The first-order valence-electron chi connectivity index (χ1n) is 9.48. The molecule has 2 aromatic carbocycles. The first-order chi connectivity index (χ1) is 13.4. The van der Waals surface area contributed by atoms with Crippen LogP contribution < -0.4 is 9.62 Å². The summed E-state index contributed by atoms with van der Waals surface area (Å²) in [6, 6.07) is 8.21. The van der Waals surface area contributed by atoms with Crippen LogP contribution in [0.1, 0.15) is 43.0 Å². The van der Waals surface area contributed by atoms with Gasteiger partial charge in [-0.3, -0.25) is 9.59 Å². The minimum Gasteiger partial charge on any atom is -0.449 e. The molecule has 1 fully saturated rings. The number of anilines is 1. The van der Waals surface area contributed by atoms with E-state index in [0.29, 0.717) is 28.6 Å². The van der Waals surface area contributed by atoms with Crippen molar-refractivity contribution >= 4 is 38.4 Å². The SMILES string of the molecule is CCN1C(=O)c2cccc3c(S(=O)(=O)NCOC(=O)C4CCCC4)ccc1c23. The number of sulfonamides is 1. The molecule has 8 heteroatoms. The Labute approximate surface area is 163 Å². The van der Waals surface area contributed by atoms with E-state index in [2.05, 4.69) is 4.72 Å². The normalized spacial score (nSPS) is 16.9. The molecule has 1 saturated carbocycles. The van der Waals surface area contributed by atoms with Crippen LogP contribution in [-0.4, -0.2) is 33.6 Å². The van der Waals surface area contributed by atoms with Crippen LogP contribution in [-0.2, 0) is 19.6 Å². The van der Waals surface area contributed by atoms with E-state index in [1.54, 1.807) is 29.2 Å². The number of benzene rings is 2. The van der Waals surface area contributed by atoms with E-state index >= 15 is 0 Å². The lowest BCUT2D eigenvalue weighted by Gasteiger charge is -2.16. The maximum atomic E-state index is 12.8. The number of ether oxygens (including phenoxy) is 1. The highest BCUT2D eigenvalue weighted by molar-refractivity contribution is 7.89. The molecule has 0 bridgehead atoms. The molecule has 148 valence electrons. The van der Waals surface area contributed by atoms with Crippen LogP contribution in [0.5, 0.6) is 0 Å². The van der Waals surface area contributed by atoms with E-state index in [1.165, 1.54) is 6.07 Å². The predicted molar refractivity (Wildman–Crippen MR) is 105 cm³/mol. The van der Waals surface area contributed by atoms with Gasteiger partial charge in [0, 0.05) is 22.9 Å². The quantitative estimate of drug-likeness (QED) is 0.592. The van der Waals surface area contributed by atoms with Gasteiger partial charge < -0.3 is 9.64 Å². The Morgan fingerprint density at radius 1 is 1.21 bits per heavy atom. The standard InChI is InChI=1S/C20H22N2O5S/c1-2-22-16-10-11-17(14-8-5-9-15(18(14)16)19(22)23)28(25,26)21-12-27-20(24)13-6-3-4-7-13/h5,8-11,13,21H,2-4,6-7,12H2,1H3. The van der Waals surface area contributed by atoms with Crippen molar-refractivity contribution in [2.45, 2.75) is 37.5 Å². The number of hydrogen-bond acceptors (Lipinski definition) is 5. The first kappa shape index (κ1) is 18.9. The van der Waals surface area contributed by atoms with Crippen molar-refractivity contribution < 1.29 is 22.7 Å². The van der Waals surface area contributed by atoms with Gasteiger partial charge in [-0.2, -0.15) is 4.72 Å². The van der Waals surface area contributed by atoms with Gasteiger partial charge in [-0.25, -0.2) is 8.42 Å². The number of amides is 1. The minimum absolute atomic E-state index is 0.0655. The summed E-state index contributed by atoms with van der Waals surface area (Å²) in [4.78, 5) is 26.2. The Hall–Kier alpha value is -2.45. The molecule has 1 amide bonds. The van der Waals surface area contributed by atoms with Gasteiger partial charge in [0.15, 0.2) is 6.73 Å². The lowest BCUT2D eigenvalue weighted by Crippen LogP contribution is -2.29. The fourth-order valence-electron chi connectivity index (χ4n) is 4.10. The molecule has 1 N–H and O–H groups in total. The lowest BCUT2D eigenvalue weighted by molar-refractivity contribution is -0.148. The van der Waals surface area contributed by atoms with Crippen LogP contribution >= 0.6 is 0 Å². The molecule has 1 aliphatic carbocycles. The van der Waals surface area contributed by atoms with Crippen LogP contribution in [0.2, 0.25) is 0 Å². The highest BCUT2D eigenvalue weighted by atomic mass is 32.2. The molecule has 1 aliphatic heterocycles. The maximum absolute atomic E-state index is 12.8. The highest BCUT2D eigenvalue weighted by Gasteiger charge is 2.31. The minimum atomic E-state index is -3.91. The Morgan fingerprint density at radius 3 is 2.68 bits per heavy atom. The molecular weight excluding hydrogens is 380 g/mol. The molecule has 0 aromatic heterocycles. The fraction of sp³-hybridized carbons (Fsp3) is 0.400. The Kier molecular flexibility index (Phi) is 4.84. The third-order valence-electron chi connectivity index (χ3n) is 5.50. The van der Waals surface area contributed by atoms with E-state index in [4.69, 9.17) is 4.74 Å². The molecule has 0 saturated heterocycles. The molecule has 2 aliphatic rings. The second-order valence-corrected chi connectivity index (χ2v) is 8.83. The lowest BCUT2D eigenvalue weighted by atomic mass is 10.1. The number of nitrogens with zero attached hydrogens (tertiary/aromatic N) is 1. The average Bonchev–Trinajstić information content (AvgIpc) is 3.30. The molecule has 0 atom stereocenters. The molecule has 0 unspecified atom stereocenters.